The molecular formula is C18H18N10O9S3. The van der Waals surface area contributed by atoms with Gasteiger partial charge in [0, 0.05) is 23.0 Å². The molecule has 40 heavy (non-hydrogen) atoms. The van der Waals surface area contributed by atoms with Crippen molar-refractivity contribution in [3.63, 3.8) is 0 Å². The second-order valence-corrected chi connectivity index (χ2v) is 10.6. The van der Waals surface area contributed by atoms with E-state index in [1.54, 1.807) is 0 Å². The first-order chi connectivity index (χ1) is 19.1. The van der Waals surface area contributed by atoms with Gasteiger partial charge < -0.3 is 31.2 Å². The summed E-state index contributed by atoms with van der Waals surface area (Å²) in [4.78, 5) is 69.2. The highest BCUT2D eigenvalue weighted by Crippen LogP contribution is 2.41. The number of tetrazole rings is 1. The fourth-order valence-corrected chi connectivity index (χ4v) is 6.29. The number of hydrogen-bond donors (Lipinski definition) is 5. The summed E-state index contributed by atoms with van der Waals surface area (Å²) in [6.07, 6.45) is -0.210. The Labute approximate surface area is 235 Å². The number of nitrogens with two attached hydrogens (primary N) is 1. The van der Waals surface area contributed by atoms with Crippen molar-refractivity contribution in [2.75, 3.05) is 23.8 Å². The number of carboxylic acid groups (broad SMARTS) is 3. The molecule has 4 heterocycles. The second kappa shape index (κ2) is 12.3. The predicted octanol–water partition coefficient (Wildman–Crippen LogP) is -2.08. The van der Waals surface area contributed by atoms with Gasteiger partial charge in [0.15, 0.2) is 5.13 Å². The van der Waals surface area contributed by atoms with Crippen LogP contribution in [0.5, 0.6) is 0 Å². The number of carbonyl (C=O) groups is 5. The third-order valence-electron chi connectivity index (χ3n) is 5.16. The molecule has 2 aromatic rings. The third-order valence-corrected chi connectivity index (χ3v) is 8.09. The highest BCUT2D eigenvalue weighted by Gasteiger charge is 2.54. The van der Waals surface area contributed by atoms with Crippen LogP contribution >= 0.6 is 35.1 Å². The number of nitrogen functional groups attached to an aromatic ring is 1. The number of carboxylic acids is 3. The van der Waals surface area contributed by atoms with Crippen LogP contribution in [-0.2, 0) is 35.4 Å². The van der Waals surface area contributed by atoms with Gasteiger partial charge in [0.05, 0.1) is 13.0 Å². The van der Waals surface area contributed by atoms with Crippen LogP contribution < -0.4 is 11.1 Å². The normalized spacial score (nSPS) is 18.6. The van der Waals surface area contributed by atoms with Crippen LogP contribution in [0.3, 0.4) is 0 Å². The van der Waals surface area contributed by atoms with Gasteiger partial charge in [0.2, 0.25) is 23.3 Å². The lowest BCUT2D eigenvalue weighted by atomic mass is 10.0. The maximum Gasteiger partial charge on any atom is 0.352 e. The lowest BCUT2D eigenvalue weighted by molar-refractivity contribution is -0.150. The molecule has 19 nitrogen and oxygen atoms in total. The number of rotatable bonds is 13. The Kier molecular flexibility index (Phi) is 8.79. The number of aliphatic carboxylic acids is 3. The number of hydrogen-bond acceptors (Lipinski definition) is 16. The SMILES string of the molecule is Nc1nc(/C(=N\OCC(=O)O)C(=O)NC2C(=O)N3C(C(=O)O)=C(CSc4nnnn4CCC(=O)O)CSC23)ns1. The average molecular weight is 615 g/mol. The largest absolute Gasteiger partial charge is 0.481 e. The number of nitrogens with one attached hydrogen (secondary N) is 1. The molecule has 2 unspecified atom stereocenters. The van der Waals surface area contributed by atoms with Crippen molar-refractivity contribution in [3.8, 4) is 0 Å². The van der Waals surface area contributed by atoms with Crippen molar-refractivity contribution in [1.82, 2.24) is 39.8 Å². The van der Waals surface area contributed by atoms with E-state index in [9.17, 15) is 29.1 Å². The number of thioether (sulfide) groups is 2. The summed E-state index contributed by atoms with van der Waals surface area (Å²) in [5.74, 6) is -5.35. The van der Waals surface area contributed by atoms with E-state index < -0.39 is 53.5 Å². The van der Waals surface area contributed by atoms with E-state index in [2.05, 4.69) is 40.2 Å². The van der Waals surface area contributed by atoms with Crippen molar-refractivity contribution in [2.45, 2.75) is 29.5 Å². The quantitative estimate of drug-likeness (QED) is 0.0700. The Morgan fingerprint density at radius 3 is 2.65 bits per heavy atom. The summed E-state index contributed by atoms with van der Waals surface area (Å²) >= 11 is 3.04. The first kappa shape index (κ1) is 28.7. The number of aryl methyl sites for hydroxylation is 1. The molecule has 1 saturated heterocycles. The number of oxime groups is 1. The van der Waals surface area contributed by atoms with Crippen LogP contribution in [0.2, 0.25) is 0 Å². The minimum atomic E-state index is -1.35. The number of anilines is 1. The Balaban J connectivity index is 1.47. The van der Waals surface area contributed by atoms with Crippen LogP contribution in [0.15, 0.2) is 21.6 Å². The fourth-order valence-electron chi connectivity index (χ4n) is 3.46. The van der Waals surface area contributed by atoms with Crippen molar-refractivity contribution in [1.29, 1.82) is 0 Å². The van der Waals surface area contributed by atoms with Gasteiger partial charge in [0.25, 0.3) is 11.8 Å². The van der Waals surface area contributed by atoms with Crippen LogP contribution in [0.4, 0.5) is 5.13 Å². The lowest BCUT2D eigenvalue weighted by Crippen LogP contribution is -2.71. The van der Waals surface area contributed by atoms with Gasteiger partial charge in [-0.05, 0) is 16.0 Å². The maximum absolute atomic E-state index is 13.0. The molecule has 1 fully saturated rings. The van der Waals surface area contributed by atoms with Crippen LogP contribution in [0, 0.1) is 0 Å². The van der Waals surface area contributed by atoms with Crippen molar-refractivity contribution in [2.24, 2.45) is 5.16 Å². The van der Waals surface area contributed by atoms with Gasteiger partial charge >= 0.3 is 17.9 Å². The van der Waals surface area contributed by atoms with E-state index in [1.165, 1.54) is 16.4 Å². The Bertz CT molecular complexity index is 1420. The summed E-state index contributed by atoms with van der Waals surface area (Å²) in [6, 6.07) is -1.13. The number of fused-ring (bicyclic) bond motifs is 1. The van der Waals surface area contributed by atoms with E-state index in [0.717, 1.165) is 28.2 Å². The molecule has 2 aromatic heterocycles. The van der Waals surface area contributed by atoms with Gasteiger partial charge in [0.1, 0.15) is 17.1 Å². The molecule has 0 spiro atoms. The van der Waals surface area contributed by atoms with Gasteiger partial charge in [-0.1, -0.05) is 16.9 Å². The van der Waals surface area contributed by atoms with Gasteiger partial charge in [-0.15, -0.1) is 16.9 Å². The van der Waals surface area contributed by atoms with Gasteiger partial charge in [-0.2, -0.15) is 9.36 Å². The first-order valence-electron chi connectivity index (χ1n) is 10.9. The molecule has 0 saturated carbocycles. The summed E-state index contributed by atoms with van der Waals surface area (Å²) in [5.41, 5.74) is 5.18. The summed E-state index contributed by atoms with van der Waals surface area (Å²) in [5, 5.41) is 44.0. The number of amides is 2. The molecule has 2 aliphatic heterocycles. The van der Waals surface area contributed by atoms with Crippen LogP contribution in [-0.4, -0.2) is 115 Å². The minimum Gasteiger partial charge on any atom is -0.481 e. The van der Waals surface area contributed by atoms with E-state index in [1.807, 2.05) is 0 Å². The summed E-state index contributed by atoms with van der Waals surface area (Å²) < 4.78 is 5.13. The Morgan fingerprint density at radius 2 is 2.00 bits per heavy atom. The zero-order valence-electron chi connectivity index (χ0n) is 19.9. The average Bonchev–Trinajstić information content (AvgIpc) is 3.54. The Hall–Kier alpha value is -4.31. The topological polar surface area (TPSA) is 278 Å². The molecule has 2 amide bonds. The van der Waals surface area contributed by atoms with Crippen LogP contribution in [0.1, 0.15) is 12.2 Å². The van der Waals surface area contributed by atoms with E-state index in [0.29, 0.717) is 5.57 Å². The molecular weight excluding hydrogens is 596 g/mol. The monoisotopic (exact) mass is 614 g/mol. The molecule has 2 atom stereocenters. The molecule has 2 aliphatic rings. The highest BCUT2D eigenvalue weighted by atomic mass is 32.2. The van der Waals surface area contributed by atoms with E-state index in [-0.39, 0.29) is 46.3 Å². The van der Waals surface area contributed by atoms with E-state index >= 15 is 0 Å². The summed E-state index contributed by atoms with van der Waals surface area (Å²) in [7, 11) is 0. The van der Waals surface area contributed by atoms with Crippen molar-refractivity contribution < 1.29 is 44.1 Å². The van der Waals surface area contributed by atoms with Crippen molar-refractivity contribution >= 4 is 75.6 Å². The standard InChI is InChI=1S/C18H18N10O9S3/c19-17-21-12(24-40-17)9(23-37-3-8(31)32)13(33)20-10-14(34)28-11(16(35)36)6(4-38-15(10)28)5-39-18-22-25-26-27(18)2-1-7(29)30/h10,15H,1-5H2,(H,20,33)(H,29,30)(H,31,32)(H,35,36)(H2,19,21,24)/b23-9+. The fraction of sp³-hybridized carbons (Fsp3) is 0.389. The third kappa shape index (κ3) is 6.28. The highest BCUT2D eigenvalue weighted by molar-refractivity contribution is 8.01. The molecule has 22 heteroatoms. The molecule has 0 aliphatic carbocycles. The maximum atomic E-state index is 13.0. The number of nitrogens with zero attached hydrogens (tertiary/aromatic N) is 8. The van der Waals surface area contributed by atoms with Crippen molar-refractivity contribution in [3.05, 3.63) is 17.1 Å². The first-order valence-corrected chi connectivity index (χ1v) is 13.7. The van der Waals surface area contributed by atoms with Gasteiger partial charge in [-0.3, -0.25) is 19.3 Å². The molecule has 4 rings (SSSR count). The Morgan fingerprint density at radius 1 is 1.23 bits per heavy atom. The number of carbonyl (C=O) groups excluding carboxylic acids is 2. The second-order valence-electron chi connectivity index (χ2n) is 7.80. The number of aromatic nitrogens is 6. The summed E-state index contributed by atoms with van der Waals surface area (Å²) in [6.45, 7) is -0.835. The molecule has 0 bridgehead atoms. The number of β-lactam (4-membered cyclic amide) rings is 1. The minimum absolute atomic E-state index is 0.0000185. The molecule has 0 radical (unpaired) electrons. The molecule has 6 N–H and O–H groups in total. The zero-order valence-corrected chi connectivity index (χ0v) is 22.3. The van der Waals surface area contributed by atoms with E-state index in [4.69, 9.17) is 15.9 Å². The predicted molar refractivity (Wildman–Crippen MR) is 135 cm³/mol. The zero-order chi connectivity index (χ0) is 29.0. The van der Waals surface area contributed by atoms with Crippen LogP contribution in [0.25, 0.3) is 0 Å². The smallest absolute Gasteiger partial charge is 0.352 e. The van der Waals surface area contributed by atoms with Gasteiger partial charge in [-0.25, -0.2) is 14.3 Å². The molecule has 212 valence electrons. The lowest BCUT2D eigenvalue weighted by Gasteiger charge is -2.49. The molecule has 0 aromatic carbocycles.